The summed E-state index contributed by atoms with van der Waals surface area (Å²) in [7, 11) is 1.63. The summed E-state index contributed by atoms with van der Waals surface area (Å²) in [5, 5.41) is 12.1. The van der Waals surface area contributed by atoms with Crippen molar-refractivity contribution in [1.29, 1.82) is 0 Å². The number of phenolic OH excluding ortho intramolecular Hbond substituents is 1. The number of hydrogen-bond donors (Lipinski definition) is 1. The lowest BCUT2D eigenvalue weighted by atomic mass is 9.75. The maximum atomic E-state index is 10.4. The van der Waals surface area contributed by atoms with E-state index in [9.17, 15) is 5.11 Å². The van der Waals surface area contributed by atoms with Gasteiger partial charge in [0.25, 0.3) is 0 Å². The zero-order valence-electron chi connectivity index (χ0n) is 13.5. The normalized spacial score (nSPS) is 20.9. The fourth-order valence-corrected chi connectivity index (χ4v) is 4.43. The molecule has 3 heteroatoms. The molecule has 0 saturated heterocycles. The first-order valence-corrected chi connectivity index (χ1v) is 8.35. The van der Waals surface area contributed by atoms with Crippen LogP contribution >= 0.6 is 0 Å². The number of rotatable bonds is 1. The summed E-state index contributed by atoms with van der Waals surface area (Å²) < 4.78 is 12.0. The van der Waals surface area contributed by atoms with Crippen LogP contribution in [0.25, 0.3) is 10.8 Å². The molecule has 3 nitrogen and oxygen atoms in total. The van der Waals surface area contributed by atoms with Gasteiger partial charge in [0, 0.05) is 16.5 Å². The SMILES string of the molecule is COc1ccc2c3c(ccc(O)c13)OC21CCCc2ccccc21. The minimum Gasteiger partial charge on any atom is -0.507 e. The molecule has 0 amide bonds. The Labute approximate surface area is 140 Å². The van der Waals surface area contributed by atoms with Crippen LogP contribution in [0.2, 0.25) is 0 Å². The van der Waals surface area contributed by atoms with Gasteiger partial charge in [-0.05, 0) is 43.0 Å². The number of fused-ring (bicyclic) bond motifs is 3. The monoisotopic (exact) mass is 318 g/mol. The highest BCUT2D eigenvalue weighted by atomic mass is 16.5. The first-order chi connectivity index (χ1) is 11.7. The quantitative estimate of drug-likeness (QED) is 0.716. The molecule has 1 heterocycles. The molecular formula is C21H18O3. The summed E-state index contributed by atoms with van der Waals surface area (Å²) in [5.74, 6) is 1.74. The van der Waals surface area contributed by atoms with Crippen molar-refractivity contribution >= 4 is 10.8 Å². The van der Waals surface area contributed by atoms with Gasteiger partial charge in [0.15, 0.2) is 5.60 Å². The molecule has 3 aromatic carbocycles. The van der Waals surface area contributed by atoms with Crippen molar-refractivity contribution in [3.05, 3.63) is 65.2 Å². The molecule has 0 aromatic heterocycles. The second-order valence-corrected chi connectivity index (χ2v) is 6.59. The van der Waals surface area contributed by atoms with Crippen LogP contribution in [0, 0.1) is 0 Å². The average Bonchev–Trinajstić information content (AvgIpc) is 2.94. The standard InChI is InChI=1S/C21H18O3/c1-23-17-10-8-15-19-18(11-9-16(22)20(17)19)24-21(15)12-4-6-13-5-2-3-7-14(13)21/h2-3,5,7-11,22H,4,6,12H2,1H3. The molecule has 1 N–H and O–H groups in total. The molecule has 1 spiro atoms. The third-order valence-electron chi connectivity index (χ3n) is 5.43. The van der Waals surface area contributed by atoms with Gasteiger partial charge in [0.05, 0.1) is 12.5 Å². The van der Waals surface area contributed by atoms with Gasteiger partial charge in [-0.3, -0.25) is 0 Å². The summed E-state index contributed by atoms with van der Waals surface area (Å²) in [6, 6.07) is 16.1. The predicted octanol–water partition coefficient (Wildman–Crippen LogP) is 4.53. The smallest absolute Gasteiger partial charge is 0.160 e. The molecule has 1 unspecified atom stereocenters. The van der Waals surface area contributed by atoms with Crippen molar-refractivity contribution < 1.29 is 14.6 Å². The molecule has 0 fully saturated rings. The number of aryl methyl sites for hydroxylation is 1. The molecule has 5 rings (SSSR count). The molecule has 1 aliphatic carbocycles. The summed E-state index contributed by atoms with van der Waals surface area (Å²) in [4.78, 5) is 0. The minimum atomic E-state index is -0.449. The van der Waals surface area contributed by atoms with Crippen LogP contribution in [0.3, 0.4) is 0 Å². The minimum absolute atomic E-state index is 0.234. The summed E-state index contributed by atoms with van der Waals surface area (Å²) >= 11 is 0. The Morgan fingerprint density at radius 2 is 1.88 bits per heavy atom. The van der Waals surface area contributed by atoms with Crippen LogP contribution in [-0.4, -0.2) is 12.2 Å². The van der Waals surface area contributed by atoms with E-state index in [2.05, 4.69) is 30.3 Å². The zero-order valence-corrected chi connectivity index (χ0v) is 13.5. The van der Waals surface area contributed by atoms with E-state index in [4.69, 9.17) is 9.47 Å². The van der Waals surface area contributed by atoms with Crippen LogP contribution in [0.5, 0.6) is 17.2 Å². The van der Waals surface area contributed by atoms with Gasteiger partial charge in [-0.15, -0.1) is 0 Å². The van der Waals surface area contributed by atoms with Gasteiger partial charge < -0.3 is 14.6 Å². The Morgan fingerprint density at radius 1 is 1.00 bits per heavy atom. The van der Waals surface area contributed by atoms with Crippen LogP contribution in [0.4, 0.5) is 0 Å². The van der Waals surface area contributed by atoms with Crippen molar-refractivity contribution in [2.75, 3.05) is 7.11 Å². The summed E-state index contributed by atoms with van der Waals surface area (Å²) in [6.45, 7) is 0. The Bertz CT molecular complexity index is 976. The number of benzene rings is 3. The van der Waals surface area contributed by atoms with E-state index in [0.29, 0.717) is 5.75 Å². The van der Waals surface area contributed by atoms with Crippen LogP contribution in [-0.2, 0) is 12.0 Å². The van der Waals surface area contributed by atoms with Gasteiger partial charge in [-0.25, -0.2) is 0 Å². The second kappa shape index (κ2) is 4.67. The first-order valence-electron chi connectivity index (χ1n) is 8.35. The summed E-state index contributed by atoms with van der Waals surface area (Å²) in [5.41, 5.74) is 3.29. The molecule has 1 atom stereocenters. The zero-order chi connectivity index (χ0) is 16.3. The van der Waals surface area contributed by atoms with Crippen LogP contribution in [0.15, 0.2) is 48.5 Å². The van der Waals surface area contributed by atoms with Gasteiger partial charge in [0.1, 0.15) is 17.2 Å². The molecule has 0 saturated carbocycles. The average molecular weight is 318 g/mol. The number of ether oxygens (including phenoxy) is 2. The number of aromatic hydroxyl groups is 1. The summed E-state index contributed by atoms with van der Waals surface area (Å²) in [6.07, 6.45) is 3.12. The van der Waals surface area contributed by atoms with E-state index in [-0.39, 0.29) is 5.75 Å². The topological polar surface area (TPSA) is 38.7 Å². The third-order valence-corrected chi connectivity index (χ3v) is 5.43. The Kier molecular flexibility index (Phi) is 2.67. The molecule has 3 aromatic rings. The predicted molar refractivity (Wildman–Crippen MR) is 93.0 cm³/mol. The van der Waals surface area contributed by atoms with Crippen LogP contribution < -0.4 is 9.47 Å². The number of hydrogen-bond acceptors (Lipinski definition) is 3. The van der Waals surface area contributed by atoms with Crippen molar-refractivity contribution in [3.8, 4) is 17.2 Å². The van der Waals surface area contributed by atoms with Gasteiger partial charge in [-0.1, -0.05) is 30.3 Å². The fourth-order valence-electron chi connectivity index (χ4n) is 4.43. The first kappa shape index (κ1) is 13.7. The van der Waals surface area contributed by atoms with E-state index in [1.165, 1.54) is 11.1 Å². The second-order valence-electron chi connectivity index (χ2n) is 6.59. The van der Waals surface area contributed by atoms with Crippen molar-refractivity contribution in [3.63, 3.8) is 0 Å². The largest absolute Gasteiger partial charge is 0.507 e. The molecular weight excluding hydrogens is 300 g/mol. The van der Waals surface area contributed by atoms with Gasteiger partial charge in [-0.2, -0.15) is 0 Å². The van der Waals surface area contributed by atoms with Crippen molar-refractivity contribution in [1.82, 2.24) is 0 Å². The fraction of sp³-hybridized carbons (Fsp3) is 0.238. The number of phenols is 1. The maximum Gasteiger partial charge on any atom is 0.160 e. The lowest BCUT2D eigenvalue weighted by molar-refractivity contribution is 0.105. The molecule has 120 valence electrons. The Morgan fingerprint density at radius 3 is 2.75 bits per heavy atom. The molecule has 0 radical (unpaired) electrons. The van der Waals surface area contributed by atoms with Crippen molar-refractivity contribution in [2.24, 2.45) is 0 Å². The van der Waals surface area contributed by atoms with E-state index in [1.807, 2.05) is 12.1 Å². The van der Waals surface area contributed by atoms with E-state index >= 15 is 0 Å². The molecule has 2 aliphatic rings. The third kappa shape index (κ3) is 1.57. The van der Waals surface area contributed by atoms with E-state index in [0.717, 1.165) is 41.3 Å². The molecule has 24 heavy (non-hydrogen) atoms. The van der Waals surface area contributed by atoms with Crippen molar-refractivity contribution in [2.45, 2.75) is 24.9 Å². The van der Waals surface area contributed by atoms with Gasteiger partial charge >= 0.3 is 0 Å². The Hall–Kier alpha value is -2.68. The highest BCUT2D eigenvalue weighted by Crippen LogP contribution is 2.55. The lowest BCUT2D eigenvalue weighted by Crippen LogP contribution is -2.35. The van der Waals surface area contributed by atoms with Crippen LogP contribution in [0.1, 0.15) is 29.5 Å². The van der Waals surface area contributed by atoms with E-state index in [1.54, 1.807) is 13.2 Å². The van der Waals surface area contributed by atoms with E-state index < -0.39 is 5.60 Å². The Balaban J connectivity index is 1.87. The lowest BCUT2D eigenvalue weighted by Gasteiger charge is -2.36. The van der Waals surface area contributed by atoms with Gasteiger partial charge in [0.2, 0.25) is 0 Å². The highest BCUT2D eigenvalue weighted by molar-refractivity contribution is 6.02. The number of methoxy groups -OCH3 is 1. The highest BCUT2D eigenvalue weighted by Gasteiger charge is 2.46. The molecule has 0 bridgehead atoms. The maximum absolute atomic E-state index is 10.4. The molecule has 1 aliphatic heterocycles.